The maximum atomic E-state index is 12.7. The number of benzene rings is 3. The number of nitrogens with two attached hydrogens (primary N) is 1. The number of para-hydroxylation sites is 1. The average Bonchev–Trinajstić information content (AvgIpc) is 2.78. The molecule has 0 saturated heterocycles. The minimum Gasteiger partial charge on any atom is -0.398 e. The van der Waals surface area contributed by atoms with Crippen molar-refractivity contribution in [2.45, 2.75) is 32.4 Å². The summed E-state index contributed by atoms with van der Waals surface area (Å²) in [6, 6.07) is 23.4. The van der Waals surface area contributed by atoms with Crippen molar-refractivity contribution in [1.29, 1.82) is 0 Å². The first-order valence-electron chi connectivity index (χ1n) is 10.9. The van der Waals surface area contributed by atoms with E-state index in [4.69, 9.17) is 5.73 Å². The number of hydrogen-bond donors (Lipinski definition) is 1. The lowest BCUT2D eigenvalue weighted by Crippen LogP contribution is -2.35. The molecule has 0 aliphatic carbocycles. The molecule has 4 rings (SSSR count). The lowest BCUT2D eigenvalue weighted by atomic mass is 9.87. The zero-order chi connectivity index (χ0) is 22.7. The molecule has 1 unspecified atom stereocenters. The Kier molecular flexibility index (Phi) is 6.33. The van der Waals surface area contributed by atoms with Crippen LogP contribution in [0.2, 0.25) is 0 Å². The Balaban J connectivity index is 1.51. The molecular weight excluding hydrogens is 396 g/mol. The number of ketones is 2. The molecule has 0 saturated carbocycles. The Morgan fingerprint density at radius 1 is 1.00 bits per heavy atom. The van der Waals surface area contributed by atoms with E-state index in [1.807, 2.05) is 60.7 Å². The number of nitrogen functional groups attached to an aromatic ring is 1. The van der Waals surface area contributed by atoms with Gasteiger partial charge in [-0.1, -0.05) is 73.3 Å². The van der Waals surface area contributed by atoms with Crippen LogP contribution >= 0.6 is 0 Å². The van der Waals surface area contributed by atoms with Crippen LogP contribution in [-0.4, -0.2) is 23.0 Å². The summed E-state index contributed by atoms with van der Waals surface area (Å²) in [5.74, 6) is 0.215. The number of carbonyl (C=O) groups excluding carboxylic acids is 2. The summed E-state index contributed by atoms with van der Waals surface area (Å²) < 4.78 is 0. The van der Waals surface area contributed by atoms with Gasteiger partial charge in [0.05, 0.1) is 0 Å². The normalized spacial score (nSPS) is 15.9. The molecule has 1 heterocycles. The van der Waals surface area contributed by atoms with E-state index in [2.05, 4.69) is 23.6 Å². The summed E-state index contributed by atoms with van der Waals surface area (Å²) in [6.45, 7) is 7.30. The van der Waals surface area contributed by atoms with Crippen molar-refractivity contribution in [2.75, 3.05) is 12.3 Å². The second kappa shape index (κ2) is 9.33. The number of Topliss-reactive ketones (excluding diaryl/α,β-unsaturated/α-hetero) is 2. The van der Waals surface area contributed by atoms with Crippen molar-refractivity contribution in [2.24, 2.45) is 0 Å². The molecule has 0 radical (unpaired) electrons. The van der Waals surface area contributed by atoms with Gasteiger partial charge >= 0.3 is 0 Å². The third-order valence-corrected chi connectivity index (χ3v) is 6.08. The molecule has 4 nitrogen and oxygen atoms in total. The number of anilines is 1. The second-order valence-electron chi connectivity index (χ2n) is 8.51. The van der Waals surface area contributed by atoms with E-state index in [1.165, 1.54) is 0 Å². The Morgan fingerprint density at radius 3 is 2.41 bits per heavy atom. The van der Waals surface area contributed by atoms with Crippen molar-refractivity contribution in [3.63, 3.8) is 0 Å². The summed E-state index contributed by atoms with van der Waals surface area (Å²) in [5, 5.41) is 0. The van der Waals surface area contributed by atoms with Gasteiger partial charge in [-0.05, 0) is 40.8 Å². The van der Waals surface area contributed by atoms with E-state index in [1.54, 1.807) is 6.92 Å². The van der Waals surface area contributed by atoms with Gasteiger partial charge in [-0.2, -0.15) is 0 Å². The fraction of sp³-hybridized carbons (Fsp3) is 0.214. The van der Waals surface area contributed by atoms with Gasteiger partial charge in [0.1, 0.15) is 5.78 Å². The topological polar surface area (TPSA) is 63.4 Å². The van der Waals surface area contributed by atoms with Crippen LogP contribution in [0.4, 0.5) is 5.69 Å². The maximum Gasteiger partial charge on any atom is 0.167 e. The molecule has 0 aromatic heterocycles. The molecular formula is C28H28N2O2. The van der Waals surface area contributed by atoms with E-state index in [0.717, 1.165) is 27.8 Å². The van der Waals surface area contributed by atoms with Crippen molar-refractivity contribution in [1.82, 2.24) is 4.90 Å². The molecule has 3 aromatic carbocycles. The molecule has 0 amide bonds. The van der Waals surface area contributed by atoms with E-state index in [0.29, 0.717) is 30.8 Å². The van der Waals surface area contributed by atoms with Crippen LogP contribution in [0.3, 0.4) is 0 Å². The van der Waals surface area contributed by atoms with Crippen molar-refractivity contribution < 1.29 is 9.59 Å². The lowest BCUT2D eigenvalue weighted by Gasteiger charge is -2.38. The Bertz CT molecular complexity index is 1160. The second-order valence-corrected chi connectivity index (χ2v) is 8.51. The largest absolute Gasteiger partial charge is 0.398 e. The van der Waals surface area contributed by atoms with Crippen LogP contribution in [-0.2, 0) is 17.8 Å². The van der Waals surface area contributed by atoms with Gasteiger partial charge in [-0.15, -0.1) is 0 Å². The summed E-state index contributed by atoms with van der Waals surface area (Å²) >= 11 is 0. The number of carbonyl (C=O) groups is 2. The Hall–Kier alpha value is -3.50. The van der Waals surface area contributed by atoms with Crippen molar-refractivity contribution in [3.05, 3.63) is 107 Å². The Morgan fingerprint density at radius 2 is 1.69 bits per heavy atom. The molecule has 0 spiro atoms. The SMILES string of the molecule is C=C1CN(Cc2ccc(C(=O)Cc3ccccc3N)cc2)C(CC(C)=O)c2ccccc21. The number of fused-ring (bicyclic) bond motifs is 1. The zero-order valence-electron chi connectivity index (χ0n) is 18.4. The van der Waals surface area contributed by atoms with Gasteiger partial charge in [0.25, 0.3) is 0 Å². The van der Waals surface area contributed by atoms with Gasteiger partial charge in [-0.25, -0.2) is 0 Å². The van der Waals surface area contributed by atoms with Gasteiger partial charge in [-0.3, -0.25) is 14.5 Å². The molecule has 162 valence electrons. The zero-order valence-corrected chi connectivity index (χ0v) is 18.4. The molecule has 1 aliphatic rings. The molecule has 0 bridgehead atoms. The van der Waals surface area contributed by atoms with Gasteiger partial charge in [0.2, 0.25) is 0 Å². The third kappa shape index (κ3) is 4.71. The van der Waals surface area contributed by atoms with Gasteiger partial charge in [0, 0.05) is 43.2 Å². The summed E-state index contributed by atoms with van der Waals surface area (Å²) in [6.07, 6.45) is 0.759. The molecule has 2 N–H and O–H groups in total. The van der Waals surface area contributed by atoms with Crippen LogP contribution in [0.1, 0.15) is 52.0 Å². The molecule has 32 heavy (non-hydrogen) atoms. The number of nitrogens with zero attached hydrogens (tertiary/aromatic N) is 1. The smallest absolute Gasteiger partial charge is 0.167 e. The van der Waals surface area contributed by atoms with Crippen LogP contribution in [0, 0.1) is 0 Å². The minimum absolute atomic E-state index is 0.0246. The van der Waals surface area contributed by atoms with Crippen molar-refractivity contribution >= 4 is 22.8 Å². The van der Waals surface area contributed by atoms with Gasteiger partial charge < -0.3 is 5.73 Å². The fourth-order valence-electron chi connectivity index (χ4n) is 4.42. The van der Waals surface area contributed by atoms with Crippen LogP contribution in [0.15, 0.2) is 79.4 Å². The molecule has 0 fully saturated rings. The maximum absolute atomic E-state index is 12.7. The van der Waals surface area contributed by atoms with Crippen LogP contribution in [0.25, 0.3) is 5.57 Å². The molecule has 3 aromatic rings. The summed E-state index contributed by atoms with van der Waals surface area (Å²) in [7, 11) is 0. The predicted molar refractivity (Wildman–Crippen MR) is 129 cm³/mol. The predicted octanol–water partition coefficient (Wildman–Crippen LogP) is 5.24. The van der Waals surface area contributed by atoms with Crippen LogP contribution < -0.4 is 5.73 Å². The minimum atomic E-state index is 0.0246. The first-order chi connectivity index (χ1) is 15.4. The number of rotatable bonds is 7. The molecule has 4 heteroatoms. The van der Waals surface area contributed by atoms with Gasteiger partial charge in [0.15, 0.2) is 5.78 Å². The molecule has 1 atom stereocenters. The summed E-state index contributed by atoms with van der Waals surface area (Å²) in [5.41, 5.74) is 12.6. The standard InChI is InChI=1S/C28H28N2O2/c1-19-17-30(27(15-20(2)31)25-9-5-4-8-24(19)25)18-21-11-13-22(14-12-21)28(32)16-23-7-3-6-10-26(23)29/h3-14,27H,1,15-18,29H2,2H3. The highest BCUT2D eigenvalue weighted by Crippen LogP contribution is 2.37. The highest BCUT2D eigenvalue weighted by Gasteiger charge is 2.29. The monoisotopic (exact) mass is 424 g/mol. The van der Waals surface area contributed by atoms with Crippen LogP contribution in [0.5, 0.6) is 0 Å². The Labute approximate surface area is 189 Å². The fourth-order valence-corrected chi connectivity index (χ4v) is 4.42. The highest BCUT2D eigenvalue weighted by molar-refractivity contribution is 5.98. The molecule has 1 aliphatic heterocycles. The third-order valence-electron chi connectivity index (χ3n) is 6.08. The van der Waals surface area contributed by atoms with E-state index >= 15 is 0 Å². The van der Waals surface area contributed by atoms with E-state index < -0.39 is 0 Å². The first-order valence-corrected chi connectivity index (χ1v) is 10.9. The van der Waals surface area contributed by atoms with Crippen molar-refractivity contribution in [3.8, 4) is 0 Å². The van der Waals surface area contributed by atoms with E-state index in [-0.39, 0.29) is 24.0 Å². The summed E-state index contributed by atoms with van der Waals surface area (Å²) in [4.78, 5) is 27.0. The quantitative estimate of drug-likeness (QED) is 0.416. The lowest BCUT2D eigenvalue weighted by molar-refractivity contribution is -0.118. The highest BCUT2D eigenvalue weighted by atomic mass is 16.1. The first kappa shape index (κ1) is 21.7. The van der Waals surface area contributed by atoms with E-state index in [9.17, 15) is 9.59 Å². The average molecular weight is 425 g/mol. The number of hydrogen-bond acceptors (Lipinski definition) is 4.